The number of benzene rings is 2. The van der Waals surface area contributed by atoms with Gasteiger partial charge < -0.3 is 11.5 Å². The summed E-state index contributed by atoms with van der Waals surface area (Å²) in [6, 6.07) is 22.7. The molecule has 65 heavy (non-hydrogen) atoms. The van der Waals surface area contributed by atoms with Gasteiger partial charge in [0.2, 0.25) is 0 Å². The Balaban J connectivity index is 0.00000533. The lowest BCUT2D eigenvalue weighted by Gasteiger charge is -2.43. The second-order valence-corrected chi connectivity index (χ2v) is 23.6. The number of Topliss-reactive ketones (excluding diaryl/α,β-unsaturated/α-hetero) is 1. The average Bonchev–Trinajstić information content (AvgIpc) is 4.10. The van der Waals surface area contributed by atoms with Gasteiger partial charge in [0.25, 0.3) is 0 Å². The maximum atomic E-state index is 16.0. The summed E-state index contributed by atoms with van der Waals surface area (Å²) in [5, 5.41) is 3.92. The van der Waals surface area contributed by atoms with Crippen LogP contribution in [-0.2, 0) is 30.5 Å². The van der Waals surface area contributed by atoms with E-state index in [1.807, 2.05) is 22.7 Å². The van der Waals surface area contributed by atoms with E-state index in [2.05, 4.69) is 104 Å². The zero-order valence-corrected chi connectivity index (χ0v) is 42.2. The summed E-state index contributed by atoms with van der Waals surface area (Å²) in [4.78, 5) is 41.2. The summed E-state index contributed by atoms with van der Waals surface area (Å²) < 4.78 is 2.53. The Morgan fingerprint density at radius 3 is 1.46 bits per heavy atom. The standard InChI is InChI=1S/C51H66N8OS4.ClH/c1-3-21-58(37-13-15-39-43(29-37)63-50(52)54-39)31-33-17-23-56(24-18-33)47(45-27-35-9-5-7-11-41(35)61-45)49(60)48(46-28-36-10-6-8-12-42(36)62-46)57-25-19-34(20-26-57)32-59(22-4-2)38-14-16-40-44(30-38)64-51(53)55-40;/h5-12,27-28,33-34,37-38,47-48H,3-4,13-26,29-32H2,1-2H3,(H2,52,54)(H2,53,55);1H/t37?,38?,47-,48-;/m1./s1. The lowest BCUT2D eigenvalue weighted by atomic mass is 9.89. The van der Waals surface area contributed by atoms with Crippen LogP contribution in [0.5, 0.6) is 0 Å². The minimum atomic E-state index is -0.274. The normalized spacial score (nSPS) is 21.2. The quantitative estimate of drug-likeness (QED) is 0.0980. The SMILES string of the molecule is CCCN(CC1CCN([C@@H](C(=O)[C@@H](c2cc3ccccc3s2)N2CCC(CN(CCC)C3CCc4nc(N)sc4C3)CC2)c2cc3ccccc3s2)CC1)C1CCc2nc(N)sc2C1.Cl. The van der Waals surface area contributed by atoms with Gasteiger partial charge in [-0.2, -0.15) is 0 Å². The second-order valence-electron chi connectivity index (χ2n) is 19.2. The molecule has 2 aromatic carbocycles. The minimum absolute atomic E-state index is 0. The van der Waals surface area contributed by atoms with E-state index in [9.17, 15) is 0 Å². The van der Waals surface area contributed by atoms with Gasteiger partial charge in [-0.3, -0.25) is 24.4 Å². The predicted molar refractivity (Wildman–Crippen MR) is 278 cm³/mol. The Morgan fingerprint density at radius 2 is 1.06 bits per heavy atom. The summed E-state index contributed by atoms with van der Waals surface area (Å²) in [5.41, 5.74) is 14.8. The smallest absolute Gasteiger partial charge is 0.180 e. The molecule has 4 aliphatic rings. The highest BCUT2D eigenvalue weighted by molar-refractivity contribution is 7.19. The highest BCUT2D eigenvalue weighted by Crippen LogP contribution is 2.43. The summed E-state index contributed by atoms with van der Waals surface area (Å²) in [5.74, 6) is 1.60. The molecule has 0 saturated carbocycles. The molecule has 6 aromatic rings. The summed E-state index contributed by atoms with van der Waals surface area (Å²) in [6.45, 7) is 12.9. The second kappa shape index (κ2) is 21.1. The van der Waals surface area contributed by atoms with E-state index in [1.54, 1.807) is 22.7 Å². The summed E-state index contributed by atoms with van der Waals surface area (Å²) in [6.07, 6.45) is 13.3. The third-order valence-electron chi connectivity index (χ3n) is 14.9. The zero-order valence-electron chi connectivity index (χ0n) is 38.2. The minimum Gasteiger partial charge on any atom is -0.375 e. The van der Waals surface area contributed by atoms with Crippen molar-refractivity contribution in [2.75, 3.05) is 63.8 Å². The number of thiophene rings is 2. The van der Waals surface area contributed by atoms with E-state index in [0.29, 0.717) is 40.0 Å². The van der Waals surface area contributed by atoms with Gasteiger partial charge in [0, 0.05) is 54.1 Å². The van der Waals surface area contributed by atoms with E-state index in [4.69, 9.17) is 11.5 Å². The van der Waals surface area contributed by atoms with Gasteiger partial charge in [-0.05, 0) is 163 Å². The van der Waals surface area contributed by atoms with Crippen molar-refractivity contribution in [3.05, 3.63) is 91.6 Å². The van der Waals surface area contributed by atoms with Gasteiger partial charge in [0.15, 0.2) is 16.0 Å². The van der Waals surface area contributed by atoms with E-state index in [-0.39, 0.29) is 24.5 Å². The van der Waals surface area contributed by atoms with Gasteiger partial charge in [-0.1, -0.05) is 50.2 Å². The van der Waals surface area contributed by atoms with E-state index >= 15 is 4.79 Å². The number of hydrogen-bond acceptors (Lipinski definition) is 13. The van der Waals surface area contributed by atoms with Crippen molar-refractivity contribution in [3.63, 3.8) is 0 Å². The molecule has 10 rings (SSSR count). The number of rotatable bonds is 16. The molecule has 9 nitrogen and oxygen atoms in total. The number of halogens is 1. The van der Waals surface area contributed by atoms with Crippen LogP contribution in [-0.4, -0.2) is 99.8 Å². The number of aromatic nitrogens is 2. The Bertz CT molecular complexity index is 2280. The topological polar surface area (TPSA) is 108 Å². The van der Waals surface area contributed by atoms with Crippen LogP contribution in [0.25, 0.3) is 20.2 Å². The number of carbonyl (C=O) groups excluding carboxylic acids is 1. The molecule has 348 valence electrons. The molecular weight excluding hydrogens is 904 g/mol. The van der Waals surface area contributed by atoms with E-state index < -0.39 is 0 Å². The molecule has 2 fully saturated rings. The molecule has 2 unspecified atom stereocenters. The number of nitrogens with two attached hydrogens (primary N) is 2. The van der Waals surface area contributed by atoms with Crippen LogP contribution in [0.1, 0.15) is 108 Å². The molecule has 14 heteroatoms. The number of piperidine rings is 2. The number of aryl methyl sites for hydroxylation is 2. The number of anilines is 2. The molecule has 0 bridgehead atoms. The van der Waals surface area contributed by atoms with Crippen LogP contribution in [0, 0.1) is 11.8 Å². The number of nitrogens with zero attached hydrogens (tertiary/aromatic N) is 6. The van der Waals surface area contributed by atoms with E-state index in [0.717, 1.165) is 129 Å². The first-order chi connectivity index (χ1) is 31.3. The third kappa shape index (κ3) is 10.4. The monoisotopic (exact) mass is 970 g/mol. The summed E-state index contributed by atoms with van der Waals surface area (Å²) >= 11 is 7.05. The first-order valence-corrected chi connectivity index (χ1v) is 27.5. The van der Waals surface area contributed by atoms with Gasteiger partial charge in [-0.15, -0.1) is 57.8 Å². The van der Waals surface area contributed by atoms with Crippen molar-refractivity contribution in [1.82, 2.24) is 29.6 Å². The number of hydrogen-bond donors (Lipinski definition) is 2. The molecule has 6 heterocycles. The molecule has 0 amide bonds. The van der Waals surface area contributed by atoms with Crippen molar-refractivity contribution in [1.29, 1.82) is 0 Å². The fourth-order valence-corrected chi connectivity index (χ4v) is 16.0. The first kappa shape index (κ1) is 47.1. The molecular formula is C51H67ClN8OS4. The van der Waals surface area contributed by atoms with Gasteiger partial charge in [0.1, 0.15) is 12.1 Å². The molecule has 0 spiro atoms. The lowest BCUT2D eigenvalue weighted by Crippen LogP contribution is -2.49. The van der Waals surface area contributed by atoms with Gasteiger partial charge in [-0.25, -0.2) is 9.97 Å². The number of thiazole rings is 2. The summed E-state index contributed by atoms with van der Waals surface area (Å²) in [7, 11) is 0. The van der Waals surface area contributed by atoms with Gasteiger partial charge in [0.05, 0.1) is 11.4 Å². The molecule has 4 aromatic heterocycles. The van der Waals surface area contributed by atoms with Crippen LogP contribution >= 0.6 is 57.8 Å². The van der Waals surface area contributed by atoms with Crippen LogP contribution in [0.15, 0.2) is 60.7 Å². The molecule has 4 atom stereocenters. The number of carbonyl (C=O) groups is 1. The molecule has 2 aliphatic carbocycles. The van der Waals surface area contributed by atoms with Crippen molar-refractivity contribution >= 4 is 94.0 Å². The predicted octanol–water partition coefficient (Wildman–Crippen LogP) is 10.9. The van der Waals surface area contributed by atoms with Crippen molar-refractivity contribution in [2.45, 2.75) is 115 Å². The Kier molecular flexibility index (Phi) is 15.3. The van der Waals surface area contributed by atoms with E-state index in [1.165, 1.54) is 51.1 Å². The highest BCUT2D eigenvalue weighted by atomic mass is 35.5. The number of nitrogen functional groups attached to an aromatic ring is 2. The van der Waals surface area contributed by atoms with Gasteiger partial charge >= 0.3 is 0 Å². The maximum Gasteiger partial charge on any atom is 0.180 e. The largest absolute Gasteiger partial charge is 0.375 e. The van der Waals surface area contributed by atoms with Crippen LogP contribution < -0.4 is 11.5 Å². The Morgan fingerprint density at radius 1 is 0.646 bits per heavy atom. The number of fused-ring (bicyclic) bond motifs is 4. The van der Waals surface area contributed by atoms with Crippen LogP contribution in [0.3, 0.4) is 0 Å². The molecule has 2 aliphatic heterocycles. The molecule has 4 N–H and O–H groups in total. The lowest BCUT2D eigenvalue weighted by molar-refractivity contribution is -0.131. The van der Waals surface area contributed by atoms with Crippen molar-refractivity contribution in [2.24, 2.45) is 11.8 Å². The zero-order chi connectivity index (χ0) is 43.7. The van der Waals surface area contributed by atoms with Crippen molar-refractivity contribution < 1.29 is 4.79 Å². The fraction of sp³-hybridized carbons (Fsp3) is 0.549. The molecule has 0 radical (unpaired) electrons. The van der Waals surface area contributed by atoms with Crippen LogP contribution in [0.2, 0.25) is 0 Å². The third-order valence-corrected chi connectivity index (χ3v) is 19.1. The average molecular weight is 972 g/mol. The number of ketones is 1. The molecule has 2 saturated heterocycles. The highest BCUT2D eigenvalue weighted by Gasteiger charge is 2.42. The maximum absolute atomic E-state index is 16.0. The number of likely N-dealkylation sites (tertiary alicyclic amines) is 2. The fourth-order valence-electron chi connectivity index (χ4n) is 11.7. The Hall–Kier alpha value is -2.98. The van der Waals surface area contributed by atoms with Crippen molar-refractivity contribution in [3.8, 4) is 0 Å². The first-order valence-electron chi connectivity index (χ1n) is 24.2. The Labute approximate surface area is 408 Å². The van der Waals surface area contributed by atoms with Crippen LogP contribution in [0.4, 0.5) is 10.3 Å².